The normalized spacial score (nSPS) is 20.6. The van der Waals surface area contributed by atoms with E-state index in [-0.39, 0.29) is 16.6 Å². The molecule has 0 radical (unpaired) electrons. The molecule has 3 aliphatic rings. The molecule has 2 fully saturated rings. The summed E-state index contributed by atoms with van der Waals surface area (Å²) in [5, 5.41) is 10.8. The fourth-order valence-electron chi connectivity index (χ4n) is 5.79. The molecule has 0 spiro atoms. The molecule has 0 aliphatic heterocycles. The molecule has 1 aromatic rings. The highest BCUT2D eigenvalue weighted by molar-refractivity contribution is 7.99. The van der Waals surface area contributed by atoms with Gasteiger partial charge >= 0.3 is 0 Å². The van der Waals surface area contributed by atoms with Gasteiger partial charge < -0.3 is 14.6 Å². The molecule has 2 saturated carbocycles. The largest absolute Gasteiger partial charge is 0.504 e. The van der Waals surface area contributed by atoms with Crippen molar-refractivity contribution in [3.8, 4) is 5.75 Å². The number of thiol groups is 1. The first kappa shape index (κ1) is 34.3. The van der Waals surface area contributed by atoms with E-state index in [1.54, 1.807) is 5.56 Å². The van der Waals surface area contributed by atoms with Crippen LogP contribution >= 0.6 is 24.4 Å². The number of thioether (sulfide) groups is 1. The van der Waals surface area contributed by atoms with Crippen molar-refractivity contribution >= 4 is 24.4 Å². The summed E-state index contributed by atoms with van der Waals surface area (Å²) in [6.07, 6.45) is 14.2. The SMILES string of the molecule is CCOC1=CC(C(C)(C)C)CC(CS)=C1O.CCOc1cc(C(C)(C)C)cc(CSC2CCCCCC2)c1C1CC1. The molecule has 3 aliphatic carbocycles. The standard InChI is InChI=1S/C23H36OS.C13H22O2S/c1-5-24-21-15-19(23(2,3)4)14-18(22(21)17-12-13-17)16-25-20-10-8-6-7-9-11-20;1-5-15-11-7-10(13(2,3)4)6-9(8-16)12(11)14/h14-15,17,20H,5-13,16H2,1-4H3;7,10,14,16H,5-6,8H2,1-4H3. The minimum absolute atomic E-state index is 0.176. The molecule has 3 nitrogen and oxygen atoms in total. The Kier molecular flexibility index (Phi) is 13.0. The van der Waals surface area contributed by atoms with Crippen LogP contribution in [0.5, 0.6) is 5.75 Å². The topological polar surface area (TPSA) is 38.7 Å². The second-order valence-electron chi connectivity index (χ2n) is 14.2. The summed E-state index contributed by atoms with van der Waals surface area (Å²) < 4.78 is 11.6. The van der Waals surface area contributed by atoms with E-state index >= 15 is 0 Å². The molecule has 0 heterocycles. The number of rotatable bonds is 9. The van der Waals surface area contributed by atoms with E-state index in [1.165, 1.54) is 74.0 Å². The van der Waals surface area contributed by atoms with Crippen LogP contribution < -0.4 is 4.74 Å². The van der Waals surface area contributed by atoms with Crippen LogP contribution in [-0.4, -0.2) is 29.3 Å². The van der Waals surface area contributed by atoms with Crippen molar-refractivity contribution in [1.29, 1.82) is 0 Å². The molecule has 0 saturated heterocycles. The van der Waals surface area contributed by atoms with Gasteiger partial charge in [-0.2, -0.15) is 24.4 Å². The third kappa shape index (κ3) is 10.2. The van der Waals surface area contributed by atoms with Gasteiger partial charge in [0.2, 0.25) is 0 Å². The summed E-state index contributed by atoms with van der Waals surface area (Å²) in [5.74, 6) is 4.99. The molecule has 5 heteroatoms. The Hall–Kier alpha value is -1.20. The second kappa shape index (κ2) is 15.5. The van der Waals surface area contributed by atoms with Crippen LogP contribution in [0.2, 0.25) is 0 Å². The van der Waals surface area contributed by atoms with Crippen molar-refractivity contribution in [2.24, 2.45) is 11.3 Å². The smallest absolute Gasteiger partial charge is 0.157 e. The predicted octanol–water partition coefficient (Wildman–Crippen LogP) is 10.9. The Morgan fingerprint density at radius 3 is 2.05 bits per heavy atom. The maximum Gasteiger partial charge on any atom is 0.157 e. The van der Waals surface area contributed by atoms with Gasteiger partial charge in [-0.05, 0) is 97.5 Å². The summed E-state index contributed by atoms with van der Waals surface area (Å²) in [7, 11) is 0. The zero-order valence-corrected chi connectivity index (χ0v) is 29.0. The number of aliphatic hydroxyl groups is 1. The molecule has 4 rings (SSSR count). The minimum Gasteiger partial charge on any atom is -0.504 e. The Bertz CT molecular complexity index is 1030. The van der Waals surface area contributed by atoms with Gasteiger partial charge in [-0.3, -0.25) is 0 Å². The summed E-state index contributed by atoms with van der Waals surface area (Å²) in [6.45, 7) is 18.9. The lowest BCUT2D eigenvalue weighted by molar-refractivity contribution is 0.186. The summed E-state index contributed by atoms with van der Waals surface area (Å²) in [4.78, 5) is 0. The zero-order chi connectivity index (χ0) is 30.2. The molecule has 0 bridgehead atoms. The van der Waals surface area contributed by atoms with Crippen LogP contribution in [0.1, 0.15) is 136 Å². The van der Waals surface area contributed by atoms with Crippen LogP contribution in [0.15, 0.2) is 35.3 Å². The monoisotopic (exact) mass is 602 g/mol. The highest BCUT2D eigenvalue weighted by Gasteiger charge is 2.32. The van der Waals surface area contributed by atoms with E-state index in [4.69, 9.17) is 9.47 Å². The summed E-state index contributed by atoms with van der Waals surface area (Å²) in [6, 6.07) is 4.83. The van der Waals surface area contributed by atoms with Gasteiger partial charge in [0, 0.05) is 22.3 Å². The quantitative estimate of drug-likeness (QED) is 0.218. The Morgan fingerprint density at radius 1 is 0.902 bits per heavy atom. The van der Waals surface area contributed by atoms with Crippen molar-refractivity contribution in [2.45, 2.75) is 136 Å². The Labute approximate surface area is 261 Å². The number of aliphatic hydroxyl groups excluding tert-OH is 1. The highest BCUT2D eigenvalue weighted by atomic mass is 32.2. The average molecular weight is 603 g/mol. The van der Waals surface area contributed by atoms with Gasteiger partial charge in [0.05, 0.1) is 13.2 Å². The number of hydrogen-bond donors (Lipinski definition) is 2. The number of ether oxygens (including phenoxy) is 2. The first-order valence-corrected chi connectivity index (χ1v) is 17.9. The van der Waals surface area contributed by atoms with E-state index in [0.717, 1.165) is 29.8 Å². The van der Waals surface area contributed by atoms with Gasteiger partial charge in [-0.15, -0.1) is 0 Å². The van der Waals surface area contributed by atoms with E-state index in [0.29, 0.717) is 24.0 Å². The number of hydrogen-bond acceptors (Lipinski definition) is 5. The second-order valence-corrected chi connectivity index (χ2v) is 15.8. The molecule has 0 amide bonds. The first-order valence-electron chi connectivity index (χ1n) is 16.2. The van der Waals surface area contributed by atoms with Crippen molar-refractivity contribution in [1.82, 2.24) is 0 Å². The molecule has 1 aromatic carbocycles. The lowest BCUT2D eigenvalue weighted by Crippen LogP contribution is -2.24. The van der Waals surface area contributed by atoms with Crippen LogP contribution in [0, 0.1) is 11.3 Å². The maximum atomic E-state index is 9.98. The van der Waals surface area contributed by atoms with Crippen LogP contribution in [0.25, 0.3) is 0 Å². The fraction of sp³-hybridized carbons (Fsp3) is 0.722. The van der Waals surface area contributed by atoms with Crippen molar-refractivity contribution in [3.05, 3.63) is 52.0 Å². The van der Waals surface area contributed by atoms with E-state index in [2.05, 4.69) is 85.0 Å². The molecule has 232 valence electrons. The molecular formula is C36H58O3S2. The molecule has 1 atom stereocenters. The first-order chi connectivity index (χ1) is 19.4. The molecule has 41 heavy (non-hydrogen) atoms. The number of benzene rings is 1. The molecule has 1 N–H and O–H groups in total. The van der Waals surface area contributed by atoms with Crippen molar-refractivity contribution in [2.75, 3.05) is 19.0 Å². The molecule has 1 unspecified atom stereocenters. The Balaban J connectivity index is 0.000000250. The van der Waals surface area contributed by atoms with Gasteiger partial charge in [0.25, 0.3) is 0 Å². The van der Waals surface area contributed by atoms with Crippen molar-refractivity contribution in [3.63, 3.8) is 0 Å². The van der Waals surface area contributed by atoms with Crippen molar-refractivity contribution < 1.29 is 14.6 Å². The lowest BCUT2D eigenvalue weighted by Gasteiger charge is -2.32. The van der Waals surface area contributed by atoms with E-state index < -0.39 is 0 Å². The third-order valence-corrected chi connectivity index (χ3v) is 10.4. The van der Waals surface area contributed by atoms with Crippen LogP contribution in [0.4, 0.5) is 0 Å². The highest BCUT2D eigenvalue weighted by Crippen LogP contribution is 2.48. The van der Waals surface area contributed by atoms with Gasteiger partial charge in [-0.25, -0.2) is 0 Å². The number of allylic oxidation sites excluding steroid dienone is 1. The predicted molar refractivity (Wildman–Crippen MR) is 182 cm³/mol. The minimum atomic E-state index is 0.176. The van der Waals surface area contributed by atoms with Gasteiger partial charge in [0.15, 0.2) is 11.5 Å². The van der Waals surface area contributed by atoms with Crippen LogP contribution in [0.3, 0.4) is 0 Å². The fourth-order valence-corrected chi connectivity index (χ4v) is 7.39. The lowest BCUT2D eigenvalue weighted by atomic mass is 9.75. The third-order valence-electron chi connectivity index (χ3n) is 8.65. The van der Waals surface area contributed by atoms with E-state index in [9.17, 15) is 5.11 Å². The van der Waals surface area contributed by atoms with Gasteiger partial charge in [0.1, 0.15) is 5.75 Å². The summed E-state index contributed by atoms with van der Waals surface area (Å²) in [5.41, 5.74) is 5.86. The van der Waals surface area contributed by atoms with E-state index in [1.807, 2.05) is 13.0 Å². The molecular weight excluding hydrogens is 545 g/mol. The maximum absolute atomic E-state index is 9.98. The average Bonchev–Trinajstić information content (AvgIpc) is 3.76. The van der Waals surface area contributed by atoms with Crippen LogP contribution in [-0.2, 0) is 15.9 Å². The summed E-state index contributed by atoms with van der Waals surface area (Å²) >= 11 is 6.48. The zero-order valence-electron chi connectivity index (χ0n) is 27.3. The van der Waals surface area contributed by atoms with Gasteiger partial charge in [-0.1, -0.05) is 73.3 Å². The molecule has 0 aromatic heterocycles. The Morgan fingerprint density at radius 2 is 1.54 bits per heavy atom.